The van der Waals surface area contributed by atoms with Crippen LogP contribution in [0.4, 0.5) is 17.1 Å². The van der Waals surface area contributed by atoms with Crippen molar-refractivity contribution in [1.82, 2.24) is 9.97 Å². The summed E-state index contributed by atoms with van der Waals surface area (Å²) in [5.41, 5.74) is 2.15. The Balaban J connectivity index is 2.22. The highest BCUT2D eigenvalue weighted by molar-refractivity contribution is 9.10. The summed E-state index contributed by atoms with van der Waals surface area (Å²) in [5, 5.41) is 3.96. The van der Waals surface area contributed by atoms with Gasteiger partial charge in [0, 0.05) is 16.1 Å². The molecule has 0 aliphatic carbocycles. The third kappa shape index (κ3) is 3.00. The highest BCUT2D eigenvalue weighted by atomic mass is 79.9. The van der Waals surface area contributed by atoms with Crippen molar-refractivity contribution in [3.8, 4) is 5.88 Å². The van der Waals surface area contributed by atoms with E-state index in [9.17, 15) is 4.91 Å². The van der Waals surface area contributed by atoms with Gasteiger partial charge in [-0.2, -0.15) is 0 Å². The smallest absolute Gasteiger partial charge is 0.358 e. The van der Waals surface area contributed by atoms with Gasteiger partial charge in [0.1, 0.15) is 17.6 Å². The molecule has 3 rings (SSSR count). The number of benzene rings is 1. The number of rotatable bonds is 5. The first-order chi connectivity index (χ1) is 11.6. The lowest BCUT2D eigenvalue weighted by atomic mass is 10.1. The van der Waals surface area contributed by atoms with Crippen LogP contribution < -0.4 is 10.1 Å². The molecule has 0 saturated heterocycles. The highest BCUT2D eigenvalue weighted by Gasteiger charge is 2.25. The van der Waals surface area contributed by atoms with Crippen LogP contribution in [0.25, 0.3) is 10.9 Å². The summed E-state index contributed by atoms with van der Waals surface area (Å²) in [6.07, 6.45) is 3.08. The van der Waals surface area contributed by atoms with E-state index >= 15 is 0 Å². The minimum Gasteiger partial charge on any atom is -0.480 e. The monoisotopic (exact) mass is 389 g/mol. The van der Waals surface area contributed by atoms with Gasteiger partial charge >= 0.3 is 5.69 Å². The Morgan fingerprint density at radius 1 is 1.21 bits per heavy atom. The summed E-state index contributed by atoms with van der Waals surface area (Å²) in [6, 6.07) is 9.20. The number of hydrogen-bond donors (Lipinski definition) is 1. The average Bonchev–Trinajstić information content (AvgIpc) is 2.62. The van der Waals surface area contributed by atoms with Crippen LogP contribution in [0.2, 0.25) is 0 Å². The van der Waals surface area contributed by atoms with Crippen LogP contribution in [0.5, 0.6) is 5.88 Å². The van der Waals surface area contributed by atoms with Crippen LogP contribution in [-0.4, -0.2) is 29.1 Å². The molecule has 7 nitrogen and oxygen atoms in total. The number of ether oxygens (including phenoxy) is 1. The van der Waals surface area contributed by atoms with Gasteiger partial charge < -0.3 is 10.1 Å². The molecule has 0 aliphatic heterocycles. The lowest BCUT2D eigenvalue weighted by Crippen LogP contribution is -2.05. The van der Waals surface area contributed by atoms with Crippen molar-refractivity contribution in [2.75, 3.05) is 19.5 Å². The standard InChI is InChI=1S/C16H14BrN4O3/c1-23-16-13(4-3-7-18-16)20-15-11-8-10(17)5-6-12(11)19-9-14(15)21(22)24-2/h3-9H,1-2H3,(H,19,20)/q+1. The maximum atomic E-state index is 12.1. The van der Waals surface area contributed by atoms with Crippen LogP contribution in [0, 0.1) is 4.91 Å². The normalized spacial score (nSPS) is 10.5. The lowest BCUT2D eigenvalue weighted by Gasteiger charge is -2.11. The molecule has 1 aromatic carbocycles. The SMILES string of the molecule is COc1ncccc1Nc1c([N+](=O)OC)cnc2ccc(Br)cc12. The van der Waals surface area contributed by atoms with Gasteiger partial charge in [0.25, 0.3) is 4.92 Å². The Hall–Kier alpha value is -2.74. The van der Waals surface area contributed by atoms with E-state index in [1.807, 2.05) is 24.3 Å². The molecule has 3 aromatic rings. The van der Waals surface area contributed by atoms with Crippen LogP contribution in [0.15, 0.2) is 47.2 Å². The maximum absolute atomic E-state index is 12.1. The zero-order valence-corrected chi connectivity index (χ0v) is 14.6. The maximum Gasteiger partial charge on any atom is 0.358 e. The van der Waals surface area contributed by atoms with Crippen molar-refractivity contribution in [2.45, 2.75) is 0 Å². The molecule has 0 saturated carbocycles. The molecule has 1 N–H and O–H groups in total. The molecular weight excluding hydrogens is 376 g/mol. The topological polar surface area (TPSA) is 76.3 Å². The van der Waals surface area contributed by atoms with Gasteiger partial charge in [-0.1, -0.05) is 15.9 Å². The van der Waals surface area contributed by atoms with Crippen LogP contribution in [0.3, 0.4) is 0 Å². The second-order valence-electron chi connectivity index (χ2n) is 4.80. The summed E-state index contributed by atoms with van der Waals surface area (Å²) in [6.45, 7) is 0. The van der Waals surface area contributed by atoms with Gasteiger partial charge in [-0.25, -0.2) is 14.8 Å². The van der Waals surface area contributed by atoms with E-state index in [4.69, 9.17) is 9.57 Å². The molecule has 0 bridgehead atoms. The van der Waals surface area contributed by atoms with Crippen molar-refractivity contribution in [3.05, 3.63) is 52.1 Å². The summed E-state index contributed by atoms with van der Waals surface area (Å²) in [4.78, 5) is 25.7. The first-order valence-electron chi connectivity index (χ1n) is 6.99. The van der Waals surface area contributed by atoms with Crippen LogP contribution in [-0.2, 0) is 4.84 Å². The van der Waals surface area contributed by atoms with Gasteiger partial charge in [0.2, 0.25) is 5.88 Å². The molecule has 2 heterocycles. The number of halogens is 1. The number of aromatic nitrogens is 2. The fraction of sp³-hybridized carbons (Fsp3) is 0.125. The molecular formula is C16H14BrN4O3+. The molecule has 2 aromatic heterocycles. The molecule has 0 radical (unpaired) electrons. The number of hydrogen-bond acceptors (Lipinski definition) is 6. The Morgan fingerprint density at radius 3 is 2.79 bits per heavy atom. The van der Waals surface area contributed by atoms with Gasteiger partial charge in [0.15, 0.2) is 7.11 Å². The summed E-state index contributed by atoms with van der Waals surface area (Å²) < 4.78 is 6.12. The van der Waals surface area contributed by atoms with E-state index in [-0.39, 0.29) is 5.69 Å². The number of methoxy groups -OCH3 is 1. The van der Waals surface area contributed by atoms with E-state index in [0.29, 0.717) is 22.2 Å². The molecule has 0 aliphatic rings. The molecule has 24 heavy (non-hydrogen) atoms. The molecule has 0 unspecified atom stereocenters. The fourth-order valence-electron chi connectivity index (χ4n) is 2.31. The van der Waals surface area contributed by atoms with E-state index in [2.05, 4.69) is 31.2 Å². The third-order valence-electron chi connectivity index (χ3n) is 3.40. The fourth-order valence-corrected chi connectivity index (χ4v) is 2.67. The van der Waals surface area contributed by atoms with Gasteiger partial charge in [-0.3, -0.25) is 0 Å². The third-order valence-corrected chi connectivity index (χ3v) is 3.89. The predicted octanol–water partition coefficient (Wildman–Crippen LogP) is 4.12. The summed E-state index contributed by atoms with van der Waals surface area (Å²) in [5.74, 6) is 0.415. The van der Waals surface area contributed by atoms with E-state index in [1.165, 1.54) is 20.4 Å². The largest absolute Gasteiger partial charge is 0.480 e. The predicted molar refractivity (Wildman–Crippen MR) is 93.8 cm³/mol. The molecule has 122 valence electrons. The average molecular weight is 390 g/mol. The lowest BCUT2D eigenvalue weighted by molar-refractivity contribution is -0.736. The second kappa shape index (κ2) is 6.79. The first kappa shape index (κ1) is 16.1. The minimum absolute atomic E-state index is 0.244. The van der Waals surface area contributed by atoms with Crippen molar-refractivity contribution in [2.24, 2.45) is 0 Å². The van der Waals surface area contributed by atoms with Crippen molar-refractivity contribution < 1.29 is 14.5 Å². The molecule has 0 amide bonds. The number of anilines is 2. The van der Waals surface area contributed by atoms with E-state index in [0.717, 1.165) is 15.4 Å². The Kier molecular flexibility index (Phi) is 4.57. The zero-order valence-electron chi connectivity index (χ0n) is 13.0. The van der Waals surface area contributed by atoms with E-state index < -0.39 is 0 Å². The van der Waals surface area contributed by atoms with Crippen LogP contribution in [0.1, 0.15) is 0 Å². The molecule has 0 spiro atoms. The first-order valence-corrected chi connectivity index (χ1v) is 7.79. The minimum atomic E-state index is 0.244. The van der Waals surface area contributed by atoms with Crippen molar-refractivity contribution in [3.63, 3.8) is 0 Å². The number of nitrogens with one attached hydrogen (secondary N) is 1. The summed E-state index contributed by atoms with van der Waals surface area (Å²) in [7, 11) is 2.83. The number of nitrogens with zero attached hydrogens (tertiary/aromatic N) is 3. The van der Waals surface area contributed by atoms with Gasteiger partial charge in [-0.05, 0) is 30.3 Å². The Morgan fingerprint density at radius 2 is 2.04 bits per heavy atom. The van der Waals surface area contributed by atoms with Crippen LogP contribution >= 0.6 is 15.9 Å². The quantitative estimate of drug-likeness (QED) is 0.661. The summed E-state index contributed by atoms with van der Waals surface area (Å²) >= 11 is 3.44. The molecule has 0 fully saturated rings. The highest BCUT2D eigenvalue weighted by Crippen LogP contribution is 2.37. The zero-order chi connectivity index (χ0) is 17.1. The van der Waals surface area contributed by atoms with Crippen molar-refractivity contribution >= 4 is 43.9 Å². The van der Waals surface area contributed by atoms with E-state index in [1.54, 1.807) is 12.3 Å². The molecule has 0 atom stereocenters. The Labute approximate surface area is 146 Å². The second-order valence-corrected chi connectivity index (χ2v) is 5.72. The Bertz CT molecular complexity index is 917. The van der Waals surface area contributed by atoms with Gasteiger partial charge in [-0.15, -0.1) is 0 Å². The van der Waals surface area contributed by atoms with Gasteiger partial charge in [0.05, 0.1) is 17.5 Å². The molecule has 8 heteroatoms. The van der Waals surface area contributed by atoms with Crippen molar-refractivity contribution in [1.29, 1.82) is 0 Å². The number of fused-ring (bicyclic) bond motifs is 1. The number of pyridine rings is 2.